The van der Waals surface area contributed by atoms with Crippen LogP contribution in [0.2, 0.25) is 5.02 Å². The maximum Gasteiger partial charge on any atom is 0.156 e. The predicted molar refractivity (Wildman–Crippen MR) is 87.7 cm³/mol. The zero-order valence-electron chi connectivity index (χ0n) is 11.6. The van der Waals surface area contributed by atoms with Gasteiger partial charge in [0.15, 0.2) is 5.75 Å². The molecule has 0 unspecified atom stereocenters. The highest BCUT2D eigenvalue weighted by Crippen LogP contribution is 2.37. The first-order valence-electron chi connectivity index (χ1n) is 6.18. The van der Waals surface area contributed by atoms with E-state index in [2.05, 4.69) is 21.2 Å². The Morgan fingerprint density at radius 1 is 1.19 bits per heavy atom. The van der Waals surface area contributed by atoms with Gasteiger partial charge in [-0.3, -0.25) is 0 Å². The highest BCUT2D eigenvalue weighted by molar-refractivity contribution is 9.10. The first kappa shape index (κ1) is 15.8. The van der Waals surface area contributed by atoms with Crippen molar-refractivity contribution >= 4 is 33.2 Å². The average Bonchev–Trinajstić information content (AvgIpc) is 2.46. The summed E-state index contributed by atoms with van der Waals surface area (Å²) in [5.74, 6) is 1.54. The molecule has 0 saturated heterocycles. The monoisotopic (exact) mass is 371 g/mol. The van der Waals surface area contributed by atoms with E-state index in [0.29, 0.717) is 28.6 Å². The van der Waals surface area contributed by atoms with E-state index < -0.39 is 0 Å². The molecule has 0 radical (unpaired) electrons. The van der Waals surface area contributed by atoms with Gasteiger partial charge < -0.3 is 19.9 Å². The summed E-state index contributed by atoms with van der Waals surface area (Å²) < 4.78 is 11.3. The van der Waals surface area contributed by atoms with Crippen LogP contribution < -0.4 is 14.8 Å². The summed E-state index contributed by atoms with van der Waals surface area (Å²) in [6.45, 7) is 0.409. The molecular weight excluding hydrogens is 358 g/mol. The summed E-state index contributed by atoms with van der Waals surface area (Å²) in [5.41, 5.74) is 1.45. The number of phenolic OH excluding ortho intramolecular Hbond substituents is 1. The number of rotatable bonds is 5. The quantitative estimate of drug-likeness (QED) is 0.815. The van der Waals surface area contributed by atoms with Gasteiger partial charge in [-0.2, -0.15) is 0 Å². The Labute approximate surface area is 136 Å². The number of ether oxygens (including phenoxy) is 2. The summed E-state index contributed by atoms with van der Waals surface area (Å²) in [5, 5.41) is 13.7. The molecule has 0 aliphatic rings. The van der Waals surface area contributed by atoms with Gasteiger partial charge in [0.25, 0.3) is 0 Å². The molecule has 2 N–H and O–H groups in total. The largest absolute Gasteiger partial charge is 0.508 e. The lowest BCUT2D eigenvalue weighted by atomic mass is 10.2. The van der Waals surface area contributed by atoms with Crippen LogP contribution in [-0.2, 0) is 6.54 Å². The van der Waals surface area contributed by atoms with Crippen molar-refractivity contribution < 1.29 is 14.6 Å². The number of hydrogen-bond acceptors (Lipinski definition) is 4. The fourth-order valence-electron chi connectivity index (χ4n) is 1.92. The van der Waals surface area contributed by atoms with E-state index in [1.165, 1.54) is 0 Å². The Bertz CT molecular complexity index is 649. The molecule has 6 heteroatoms. The zero-order valence-corrected chi connectivity index (χ0v) is 14.0. The van der Waals surface area contributed by atoms with Crippen molar-refractivity contribution in [3.05, 3.63) is 45.4 Å². The van der Waals surface area contributed by atoms with Gasteiger partial charge in [-0.05, 0) is 46.3 Å². The van der Waals surface area contributed by atoms with Crippen LogP contribution >= 0.6 is 27.5 Å². The van der Waals surface area contributed by atoms with Crippen LogP contribution in [0.1, 0.15) is 5.56 Å². The Balaban J connectivity index is 2.24. The van der Waals surface area contributed by atoms with Gasteiger partial charge in [-0.1, -0.05) is 11.6 Å². The number of methoxy groups -OCH3 is 2. The number of aromatic hydroxyl groups is 1. The maximum atomic E-state index is 9.88. The van der Waals surface area contributed by atoms with Gasteiger partial charge in [-0.25, -0.2) is 0 Å². The van der Waals surface area contributed by atoms with Crippen LogP contribution in [0.25, 0.3) is 0 Å². The van der Waals surface area contributed by atoms with Gasteiger partial charge in [0.1, 0.15) is 11.5 Å². The number of benzene rings is 2. The molecule has 2 aromatic carbocycles. The molecule has 0 aromatic heterocycles. The van der Waals surface area contributed by atoms with E-state index >= 15 is 0 Å². The number of halogens is 2. The van der Waals surface area contributed by atoms with E-state index in [-0.39, 0.29) is 5.75 Å². The molecular formula is C15H15BrClNO3. The van der Waals surface area contributed by atoms with E-state index in [1.54, 1.807) is 44.6 Å². The molecule has 112 valence electrons. The SMILES string of the molecule is COc1ccc(O)c(CNc2cc(Cl)cc(Br)c2OC)c1. The average molecular weight is 373 g/mol. The lowest BCUT2D eigenvalue weighted by Crippen LogP contribution is -2.02. The summed E-state index contributed by atoms with van der Waals surface area (Å²) >= 11 is 9.45. The first-order chi connectivity index (χ1) is 10.0. The molecule has 0 atom stereocenters. The molecule has 0 aliphatic carbocycles. The second-order valence-electron chi connectivity index (χ2n) is 4.32. The van der Waals surface area contributed by atoms with E-state index in [1.807, 2.05) is 0 Å². The Morgan fingerprint density at radius 3 is 2.62 bits per heavy atom. The fraction of sp³-hybridized carbons (Fsp3) is 0.200. The van der Waals surface area contributed by atoms with Crippen LogP contribution in [-0.4, -0.2) is 19.3 Å². The standard InChI is InChI=1S/C15H15BrClNO3/c1-20-11-3-4-14(19)9(5-11)8-18-13-7-10(17)6-12(16)15(13)21-2/h3-7,18-19H,8H2,1-2H3. The van der Waals surface area contributed by atoms with Gasteiger partial charge in [0, 0.05) is 17.1 Å². The summed E-state index contributed by atoms with van der Waals surface area (Å²) in [6.07, 6.45) is 0. The molecule has 21 heavy (non-hydrogen) atoms. The van der Waals surface area contributed by atoms with Crippen molar-refractivity contribution in [3.8, 4) is 17.2 Å². The van der Waals surface area contributed by atoms with Gasteiger partial charge >= 0.3 is 0 Å². The topological polar surface area (TPSA) is 50.7 Å². The summed E-state index contributed by atoms with van der Waals surface area (Å²) in [4.78, 5) is 0. The van der Waals surface area contributed by atoms with Crippen molar-refractivity contribution in [3.63, 3.8) is 0 Å². The lowest BCUT2D eigenvalue weighted by Gasteiger charge is -2.14. The highest BCUT2D eigenvalue weighted by atomic mass is 79.9. The van der Waals surface area contributed by atoms with Gasteiger partial charge in [-0.15, -0.1) is 0 Å². The van der Waals surface area contributed by atoms with E-state index in [9.17, 15) is 5.11 Å². The molecule has 4 nitrogen and oxygen atoms in total. The van der Waals surface area contributed by atoms with Crippen LogP contribution in [0.3, 0.4) is 0 Å². The molecule has 0 fully saturated rings. The Hall–Kier alpha value is -1.59. The van der Waals surface area contributed by atoms with Gasteiger partial charge in [0.2, 0.25) is 0 Å². The Kier molecular flexibility index (Phi) is 5.20. The Morgan fingerprint density at radius 2 is 1.95 bits per heavy atom. The second kappa shape index (κ2) is 6.91. The minimum atomic E-state index is 0.198. The molecule has 2 aromatic rings. The van der Waals surface area contributed by atoms with Crippen molar-refractivity contribution in [1.82, 2.24) is 0 Å². The first-order valence-corrected chi connectivity index (χ1v) is 7.35. The van der Waals surface area contributed by atoms with Crippen LogP contribution in [0.15, 0.2) is 34.8 Å². The third kappa shape index (κ3) is 3.74. The molecule has 0 saturated carbocycles. The molecule has 0 aliphatic heterocycles. The van der Waals surface area contributed by atoms with Gasteiger partial charge in [0.05, 0.1) is 24.4 Å². The molecule has 0 bridgehead atoms. The predicted octanol–water partition coefficient (Wildman–Crippen LogP) is 4.44. The van der Waals surface area contributed by atoms with Crippen molar-refractivity contribution in [1.29, 1.82) is 0 Å². The summed E-state index contributed by atoms with van der Waals surface area (Å²) in [7, 11) is 3.17. The molecule has 0 amide bonds. The third-order valence-corrected chi connectivity index (χ3v) is 3.78. The number of anilines is 1. The maximum absolute atomic E-state index is 9.88. The normalized spacial score (nSPS) is 10.3. The molecule has 0 spiro atoms. The molecule has 2 rings (SSSR count). The lowest BCUT2D eigenvalue weighted by molar-refractivity contribution is 0.410. The van der Waals surface area contributed by atoms with Crippen molar-refractivity contribution in [2.45, 2.75) is 6.54 Å². The number of nitrogens with one attached hydrogen (secondary N) is 1. The minimum Gasteiger partial charge on any atom is -0.508 e. The van der Waals surface area contributed by atoms with E-state index in [4.69, 9.17) is 21.1 Å². The number of hydrogen-bond donors (Lipinski definition) is 2. The van der Waals surface area contributed by atoms with E-state index in [0.717, 1.165) is 10.2 Å². The fourth-order valence-corrected chi connectivity index (χ4v) is 2.89. The van der Waals surface area contributed by atoms with Crippen molar-refractivity contribution in [2.24, 2.45) is 0 Å². The third-order valence-electron chi connectivity index (χ3n) is 2.97. The van der Waals surface area contributed by atoms with Crippen LogP contribution in [0, 0.1) is 0 Å². The number of phenols is 1. The zero-order chi connectivity index (χ0) is 15.4. The molecule has 0 heterocycles. The summed E-state index contributed by atoms with van der Waals surface area (Å²) in [6, 6.07) is 8.60. The highest BCUT2D eigenvalue weighted by Gasteiger charge is 2.10. The smallest absolute Gasteiger partial charge is 0.156 e. The second-order valence-corrected chi connectivity index (χ2v) is 5.61. The van der Waals surface area contributed by atoms with Crippen LogP contribution in [0.5, 0.6) is 17.2 Å². The minimum absolute atomic E-state index is 0.198. The van der Waals surface area contributed by atoms with Crippen LogP contribution in [0.4, 0.5) is 5.69 Å². The van der Waals surface area contributed by atoms with Crippen molar-refractivity contribution in [2.75, 3.05) is 19.5 Å².